The molecule has 1 aromatic carbocycles. The molecule has 14 heavy (non-hydrogen) atoms. The number of ether oxygens (including phenoxy) is 1. The average molecular weight is 214 g/mol. The Balaban J connectivity index is 2.37. The molecule has 3 heteroatoms. The molecule has 1 N–H and O–H groups in total. The van der Waals surface area contributed by atoms with Gasteiger partial charge in [0.25, 0.3) is 0 Å². The molecule has 0 aliphatic heterocycles. The standard InChI is InChI=1S/C11H16ClNO/c1-3-13-9(2)8-14-11-6-4-5-10(12)7-11/h4-7,9,13H,3,8H2,1-2H3. The van der Waals surface area contributed by atoms with E-state index in [9.17, 15) is 0 Å². The van der Waals surface area contributed by atoms with Crippen molar-refractivity contribution in [2.75, 3.05) is 13.2 Å². The lowest BCUT2D eigenvalue weighted by atomic mass is 10.3. The highest BCUT2D eigenvalue weighted by Crippen LogP contribution is 2.16. The third kappa shape index (κ3) is 3.99. The van der Waals surface area contributed by atoms with Crippen molar-refractivity contribution in [2.45, 2.75) is 19.9 Å². The summed E-state index contributed by atoms with van der Waals surface area (Å²) < 4.78 is 5.55. The van der Waals surface area contributed by atoms with Crippen molar-refractivity contribution in [3.63, 3.8) is 0 Å². The first-order valence-corrected chi connectivity index (χ1v) is 5.22. The molecule has 1 rings (SSSR count). The highest BCUT2D eigenvalue weighted by atomic mass is 35.5. The van der Waals surface area contributed by atoms with Gasteiger partial charge in [0.15, 0.2) is 0 Å². The number of likely N-dealkylation sites (N-methyl/N-ethyl adjacent to an activating group) is 1. The van der Waals surface area contributed by atoms with E-state index in [2.05, 4.69) is 19.2 Å². The van der Waals surface area contributed by atoms with Crippen LogP contribution in [0.5, 0.6) is 5.75 Å². The normalized spacial score (nSPS) is 12.5. The number of rotatable bonds is 5. The molecule has 1 atom stereocenters. The Kier molecular flexibility index (Phi) is 4.77. The summed E-state index contributed by atoms with van der Waals surface area (Å²) in [5.74, 6) is 0.822. The maximum atomic E-state index is 5.83. The van der Waals surface area contributed by atoms with Crippen LogP contribution in [0.15, 0.2) is 24.3 Å². The Hall–Kier alpha value is -0.730. The van der Waals surface area contributed by atoms with Gasteiger partial charge in [-0.3, -0.25) is 0 Å². The van der Waals surface area contributed by atoms with Crippen molar-refractivity contribution in [3.05, 3.63) is 29.3 Å². The Morgan fingerprint density at radius 1 is 1.50 bits per heavy atom. The molecular formula is C11H16ClNO. The molecule has 0 heterocycles. The zero-order valence-corrected chi connectivity index (χ0v) is 9.34. The molecule has 2 nitrogen and oxygen atoms in total. The van der Waals surface area contributed by atoms with Crippen LogP contribution in [0, 0.1) is 0 Å². The fourth-order valence-corrected chi connectivity index (χ4v) is 1.37. The SMILES string of the molecule is CCNC(C)COc1cccc(Cl)c1. The van der Waals surface area contributed by atoms with E-state index in [0.29, 0.717) is 17.7 Å². The van der Waals surface area contributed by atoms with Crippen LogP contribution in [0.4, 0.5) is 0 Å². The van der Waals surface area contributed by atoms with E-state index < -0.39 is 0 Å². The van der Waals surface area contributed by atoms with E-state index in [0.717, 1.165) is 12.3 Å². The number of hydrogen-bond acceptors (Lipinski definition) is 2. The summed E-state index contributed by atoms with van der Waals surface area (Å²) in [5, 5.41) is 3.98. The molecule has 0 aromatic heterocycles. The van der Waals surface area contributed by atoms with E-state index in [1.54, 1.807) is 0 Å². The molecule has 0 saturated carbocycles. The topological polar surface area (TPSA) is 21.3 Å². The maximum absolute atomic E-state index is 5.83. The Morgan fingerprint density at radius 2 is 2.29 bits per heavy atom. The first kappa shape index (κ1) is 11.3. The second-order valence-electron chi connectivity index (χ2n) is 3.23. The Morgan fingerprint density at radius 3 is 2.93 bits per heavy atom. The molecule has 0 saturated heterocycles. The van der Waals surface area contributed by atoms with Gasteiger partial charge >= 0.3 is 0 Å². The lowest BCUT2D eigenvalue weighted by molar-refractivity contribution is 0.275. The molecule has 0 fully saturated rings. The lowest BCUT2D eigenvalue weighted by Gasteiger charge is -2.13. The van der Waals surface area contributed by atoms with Crippen molar-refractivity contribution >= 4 is 11.6 Å². The third-order valence-corrected chi connectivity index (χ3v) is 2.08. The summed E-state index contributed by atoms with van der Waals surface area (Å²) in [4.78, 5) is 0. The summed E-state index contributed by atoms with van der Waals surface area (Å²) in [7, 11) is 0. The highest BCUT2D eigenvalue weighted by molar-refractivity contribution is 6.30. The fraction of sp³-hybridized carbons (Fsp3) is 0.455. The first-order valence-electron chi connectivity index (χ1n) is 4.84. The predicted octanol–water partition coefficient (Wildman–Crippen LogP) is 2.72. The summed E-state index contributed by atoms with van der Waals surface area (Å²) in [5.41, 5.74) is 0. The van der Waals surface area contributed by atoms with Crippen molar-refractivity contribution in [2.24, 2.45) is 0 Å². The number of benzene rings is 1. The van der Waals surface area contributed by atoms with E-state index >= 15 is 0 Å². The minimum Gasteiger partial charge on any atom is -0.492 e. The number of hydrogen-bond donors (Lipinski definition) is 1. The van der Waals surface area contributed by atoms with E-state index in [4.69, 9.17) is 16.3 Å². The molecule has 0 aliphatic rings. The van der Waals surface area contributed by atoms with Crippen LogP contribution in [0.25, 0.3) is 0 Å². The monoisotopic (exact) mass is 213 g/mol. The Labute approximate surface area is 90.2 Å². The molecule has 78 valence electrons. The minimum atomic E-state index is 0.360. The van der Waals surface area contributed by atoms with Gasteiger partial charge in [-0.05, 0) is 31.7 Å². The zero-order valence-electron chi connectivity index (χ0n) is 8.59. The van der Waals surface area contributed by atoms with Gasteiger partial charge in [-0.25, -0.2) is 0 Å². The van der Waals surface area contributed by atoms with E-state index in [1.165, 1.54) is 0 Å². The second kappa shape index (κ2) is 5.89. The second-order valence-corrected chi connectivity index (χ2v) is 3.66. The third-order valence-electron chi connectivity index (χ3n) is 1.85. The molecular weight excluding hydrogens is 198 g/mol. The molecule has 0 bridgehead atoms. The zero-order chi connectivity index (χ0) is 10.4. The van der Waals surface area contributed by atoms with Gasteiger partial charge in [0.1, 0.15) is 12.4 Å². The maximum Gasteiger partial charge on any atom is 0.120 e. The summed E-state index contributed by atoms with van der Waals surface area (Å²) >= 11 is 5.83. The minimum absolute atomic E-state index is 0.360. The van der Waals surface area contributed by atoms with Crippen LogP contribution >= 0.6 is 11.6 Å². The van der Waals surface area contributed by atoms with E-state index in [-0.39, 0.29) is 0 Å². The van der Waals surface area contributed by atoms with Crippen LogP contribution < -0.4 is 10.1 Å². The summed E-state index contributed by atoms with van der Waals surface area (Å²) in [6.45, 7) is 5.79. The van der Waals surface area contributed by atoms with Crippen molar-refractivity contribution in [3.8, 4) is 5.75 Å². The van der Waals surface area contributed by atoms with Gasteiger partial charge in [-0.15, -0.1) is 0 Å². The summed E-state index contributed by atoms with van der Waals surface area (Å²) in [6.07, 6.45) is 0. The van der Waals surface area contributed by atoms with Crippen LogP contribution in [0.3, 0.4) is 0 Å². The molecule has 0 aliphatic carbocycles. The van der Waals surface area contributed by atoms with Gasteiger partial charge in [-0.2, -0.15) is 0 Å². The average Bonchev–Trinajstić information content (AvgIpc) is 2.15. The molecule has 0 radical (unpaired) electrons. The predicted molar refractivity (Wildman–Crippen MR) is 60.1 cm³/mol. The van der Waals surface area contributed by atoms with Crippen LogP contribution in [0.2, 0.25) is 5.02 Å². The number of halogens is 1. The van der Waals surface area contributed by atoms with Gasteiger partial charge in [0.05, 0.1) is 0 Å². The van der Waals surface area contributed by atoms with Crippen molar-refractivity contribution < 1.29 is 4.74 Å². The number of nitrogens with one attached hydrogen (secondary N) is 1. The van der Waals surface area contributed by atoms with Gasteiger partial charge in [0, 0.05) is 11.1 Å². The van der Waals surface area contributed by atoms with Crippen molar-refractivity contribution in [1.82, 2.24) is 5.32 Å². The molecule has 0 amide bonds. The van der Waals surface area contributed by atoms with Gasteiger partial charge in [-0.1, -0.05) is 24.6 Å². The van der Waals surface area contributed by atoms with Crippen LogP contribution in [-0.2, 0) is 0 Å². The van der Waals surface area contributed by atoms with Crippen LogP contribution in [0.1, 0.15) is 13.8 Å². The Bertz CT molecular complexity index is 278. The fourth-order valence-electron chi connectivity index (χ4n) is 1.19. The summed E-state index contributed by atoms with van der Waals surface area (Å²) in [6, 6.07) is 7.81. The quantitative estimate of drug-likeness (QED) is 0.812. The lowest BCUT2D eigenvalue weighted by Crippen LogP contribution is -2.31. The molecule has 0 spiro atoms. The first-order chi connectivity index (χ1) is 6.72. The van der Waals surface area contributed by atoms with Crippen LogP contribution in [-0.4, -0.2) is 19.2 Å². The van der Waals surface area contributed by atoms with Gasteiger partial charge < -0.3 is 10.1 Å². The van der Waals surface area contributed by atoms with E-state index in [1.807, 2.05) is 24.3 Å². The van der Waals surface area contributed by atoms with Gasteiger partial charge in [0.2, 0.25) is 0 Å². The smallest absolute Gasteiger partial charge is 0.120 e. The molecule has 1 unspecified atom stereocenters. The highest BCUT2D eigenvalue weighted by Gasteiger charge is 2.00. The molecule has 1 aromatic rings. The van der Waals surface area contributed by atoms with Crippen molar-refractivity contribution in [1.29, 1.82) is 0 Å². The largest absolute Gasteiger partial charge is 0.492 e.